The number of piperidine rings is 1. The Hall–Kier alpha value is -2.37. The lowest BCUT2D eigenvalue weighted by atomic mass is 9.92. The smallest absolute Gasteiger partial charge is 0.270 e. The van der Waals surface area contributed by atoms with Crippen molar-refractivity contribution in [2.24, 2.45) is 13.0 Å². The summed E-state index contributed by atoms with van der Waals surface area (Å²) in [6.45, 7) is 8.59. The van der Waals surface area contributed by atoms with Gasteiger partial charge in [-0.25, -0.2) is 9.97 Å². The molecule has 0 radical (unpaired) electrons. The molecular formula is C20H27N5O. The second-order valence-electron chi connectivity index (χ2n) is 7.75. The Balaban J connectivity index is 1.59. The maximum absolute atomic E-state index is 13.1. The van der Waals surface area contributed by atoms with Crippen LogP contribution in [0.3, 0.4) is 0 Å². The summed E-state index contributed by atoms with van der Waals surface area (Å²) in [4.78, 5) is 26.6. The predicted octanol–water partition coefficient (Wildman–Crippen LogP) is 2.48. The second-order valence-corrected chi connectivity index (χ2v) is 7.75. The van der Waals surface area contributed by atoms with Gasteiger partial charge in [-0.3, -0.25) is 4.79 Å². The van der Waals surface area contributed by atoms with Crippen molar-refractivity contribution in [3.63, 3.8) is 0 Å². The van der Waals surface area contributed by atoms with Gasteiger partial charge < -0.3 is 14.4 Å². The van der Waals surface area contributed by atoms with Crippen molar-refractivity contribution < 1.29 is 4.79 Å². The van der Waals surface area contributed by atoms with Gasteiger partial charge in [0, 0.05) is 44.6 Å². The fraction of sp³-hybridized carbons (Fsp3) is 0.550. The fourth-order valence-electron chi connectivity index (χ4n) is 4.60. The van der Waals surface area contributed by atoms with Crippen molar-refractivity contribution in [1.29, 1.82) is 0 Å². The van der Waals surface area contributed by atoms with E-state index in [2.05, 4.69) is 20.9 Å². The van der Waals surface area contributed by atoms with E-state index in [1.54, 1.807) is 0 Å². The van der Waals surface area contributed by atoms with E-state index >= 15 is 0 Å². The highest BCUT2D eigenvalue weighted by Gasteiger charge is 2.42. The van der Waals surface area contributed by atoms with E-state index in [9.17, 15) is 4.79 Å². The molecule has 2 atom stereocenters. The van der Waals surface area contributed by atoms with Gasteiger partial charge in [-0.1, -0.05) is 0 Å². The molecule has 4 rings (SSSR count). The zero-order valence-electron chi connectivity index (χ0n) is 16.1. The highest BCUT2D eigenvalue weighted by molar-refractivity contribution is 5.94. The SMILES string of the molecule is Cc1cc(N2CCC[C@H]3CN(C(=O)c4c(C)ccn4C)C[C@H]32)nc(C)n1. The monoisotopic (exact) mass is 353 g/mol. The number of fused-ring (bicyclic) bond motifs is 1. The Morgan fingerprint density at radius 2 is 2.00 bits per heavy atom. The molecule has 2 saturated heterocycles. The molecule has 0 unspecified atom stereocenters. The number of anilines is 1. The summed E-state index contributed by atoms with van der Waals surface area (Å²) < 4.78 is 1.94. The molecule has 138 valence electrons. The van der Waals surface area contributed by atoms with E-state index < -0.39 is 0 Å². The first-order valence-electron chi connectivity index (χ1n) is 9.44. The molecule has 0 saturated carbocycles. The third-order valence-electron chi connectivity index (χ3n) is 5.79. The van der Waals surface area contributed by atoms with Gasteiger partial charge in [-0.2, -0.15) is 0 Å². The lowest BCUT2D eigenvalue weighted by Crippen LogP contribution is -2.46. The van der Waals surface area contributed by atoms with Crippen LogP contribution in [0, 0.1) is 26.7 Å². The van der Waals surface area contributed by atoms with Crippen LogP contribution < -0.4 is 4.90 Å². The molecule has 2 aliphatic heterocycles. The summed E-state index contributed by atoms with van der Waals surface area (Å²) in [6.07, 6.45) is 4.29. The molecule has 0 bridgehead atoms. The van der Waals surface area contributed by atoms with Crippen molar-refractivity contribution in [3.05, 3.63) is 41.1 Å². The standard InChI is InChI=1S/C20H27N5O/c1-13-7-9-23(4)19(13)20(26)24-11-16-6-5-8-25(17(16)12-24)18-10-14(2)21-15(3)22-18/h7,9-10,16-17H,5-6,8,11-12H2,1-4H3/t16-,17+/m0/s1. The average Bonchev–Trinajstić information content (AvgIpc) is 3.16. The van der Waals surface area contributed by atoms with Crippen molar-refractivity contribution in [3.8, 4) is 0 Å². The maximum Gasteiger partial charge on any atom is 0.270 e. The Morgan fingerprint density at radius 1 is 1.19 bits per heavy atom. The molecule has 6 heteroatoms. The maximum atomic E-state index is 13.1. The highest BCUT2D eigenvalue weighted by Crippen LogP contribution is 2.34. The molecule has 0 spiro atoms. The summed E-state index contributed by atoms with van der Waals surface area (Å²) in [6, 6.07) is 4.43. The number of likely N-dealkylation sites (tertiary alicyclic amines) is 1. The highest BCUT2D eigenvalue weighted by atomic mass is 16.2. The van der Waals surface area contributed by atoms with E-state index in [0.29, 0.717) is 12.0 Å². The Bertz CT molecular complexity index is 803. The number of aryl methyl sites for hydroxylation is 4. The first-order chi connectivity index (χ1) is 12.4. The van der Waals surface area contributed by atoms with Crippen LogP contribution in [0.4, 0.5) is 5.82 Å². The normalized spacial score (nSPS) is 22.6. The number of aromatic nitrogens is 3. The van der Waals surface area contributed by atoms with E-state index in [4.69, 9.17) is 0 Å². The summed E-state index contributed by atoms with van der Waals surface area (Å²) in [5.41, 5.74) is 2.86. The minimum atomic E-state index is 0.152. The van der Waals surface area contributed by atoms with E-state index in [1.807, 2.05) is 49.5 Å². The van der Waals surface area contributed by atoms with Gasteiger partial charge in [0.2, 0.25) is 0 Å². The molecular weight excluding hydrogens is 326 g/mol. The van der Waals surface area contributed by atoms with E-state index in [0.717, 1.165) is 54.6 Å². The number of hydrogen-bond acceptors (Lipinski definition) is 4. The quantitative estimate of drug-likeness (QED) is 0.832. The summed E-state index contributed by atoms with van der Waals surface area (Å²) in [5, 5.41) is 0. The van der Waals surface area contributed by atoms with Crippen molar-refractivity contribution in [2.75, 3.05) is 24.5 Å². The molecule has 6 nitrogen and oxygen atoms in total. The Morgan fingerprint density at radius 3 is 2.69 bits per heavy atom. The van der Waals surface area contributed by atoms with Crippen LogP contribution in [0.25, 0.3) is 0 Å². The van der Waals surface area contributed by atoms with Crippen molar-refractivity contribution >= 4 is 11.7 Å². The molecule has 0 aliphatic carbocycles. The van der Waals surface area contributed by atoms with Crippen molar-refractivity contribution in [1.82, 2.24) is 19.4 Å². The fourth-order valence-corrected chi connectivity index (χ4v) is 4.60. The van der Waals surface area contributed by atoms with Gasteiger partial charge in [-0.15, -0.1) is 0 Å². The number of rotatable bonds is 2. The second kappa shape index (κ2) is 6.41. The third-order valence-corrected chi connectivity index (χ3v) is 5.79. The van der Waals surface area contributed by atoms with Gasteiger partial charge in [-0.05, 0) is 51.2 Å². The van der Waals surface area contributed by atoms with Gasteiger partial charge >= 0.3 is 0 Å². The van der Waals surface area contributed by atoms with E-state index in [1.165, 1.54) is 6.42 Å². The van der Waals surface area contributed by atoms with Gasteiger partial charge in [0.1, 0.15) is 17.3 Å². The molecule has 2 fully saturated rings. The topological polar surface area (TPSA) is 54.3 Å². The third kappa shape index (κ3) is 2.87. The van der Waals surface area contributed by atoms with E-state index in [-0.39, 0.29) is 5.91 Å². The molecule has 2 aromatic rings. The number of hydrogen-bond donors (Lipinski definition) is 0. The molecule has 26 heavy (non-hydrogen) atoms. The number of nitrogens with zero attached hydrogens (tertiary/aromatic N) is 5. The van der Waals surface area contributed by atoms with Crippen LogP contribution >= 0.6 is 0 Å². The number of amides is 1. The molecule has 1 amide bonds. The van der Waals surface area contributed by atoms with Gasteiger partial charge in [0.25, 0.3) is 5.91 Å². The lowest BCUT2D eigenvalue weighted by Gasteiger charge is -2.37. The summed E-state index contributed by atoms with van der Waals surface area (Å²) in [7, 11) is 1.95. The van der Waals surface area contributed by atoms with Crippen LogP contribution in [0.1, 0.15) is 40.4 Å². The number of carbonyl (C=O) groups excluding carboxylic acids is 1. The minimum Gasteiger partial charge on any atom is -0.351 e. The van der Waals surface area contributed by atoms with Crippen molar-refractivity contribution in [2.45, 2.75) is 39.7 Å². The van der Waals surface area contributed by atoms with Gasteiger partial charge in [0.05, 0.1) is 6.04 Å². The molecule has 4 heterocycles. The Labute approximate surface area is 154 Å². The average molecular weight is 353 g/mol. The molecule has 0 aromatic carbocycles. The summed E-state index contributed by atoms with van der Waals surface area (Å²) >= 11 is 0. The zero-order valence-corrected chi connectivity index (χ0v) is 16.1. The zero-order chi connectivity index (χ0) is 18.4. The van der Waals surface area contributed by atoms with Crippen LogP contribution in [0.5, 0.6) is 0 Å². The lowest BCUT2D eigenvalue weighted by molar-refractivity contribution is 0.0776. The molecule has 2 aliphatic rings. The molecule has 0 N–H and O–H groups in total. The number of carbonyl (C=O) groups is 1. The first-order valence-corrected chi connectivity index (χ1v) is 9.44. The predicted molar refractivity (Wildman–Crippen MR) is 101 cm³/mol. The van der Waals surface area contributed by atoms with Crippen LogP contribution in [0.15, 0.2) is 18.3 Å². The van der Waals surface area contributed by atoms with Crippen LogP contribution in [0.2, 0.25) is 0 Å². The largest absolute Gasteiger partial charge is 0.351 e. The van der Waals surface area contributed by atoms with Crippen LogP contribution in [-0.2, 0) is 7.05 Å². The summed E-state index contributed by atoms with van der Waals surface area (Å²) in [5.74, 6) is 2.49. The molecule has 2 aromatic heterocycles. The minimum absolute atomic E-state index is 0.152. The van der Waals surface area contributed by atoms with Gasteiger partial charge in [0.15, 0.2) is 0 Å². The first kappa shape index (κ1) is 17.1. The Kier molecular flexibility index (Phi) is 4.21. The van der Waals surface area contributed by atoms with Crippen LogP contribution in [-0.4, -0.2) is 51.0 Å².